The van der Waals surface area contributed by atoms with E-state index in [1.165, 1.54) is 0 Å². The van der Waals surface area contributed by atoms with Gasteiger partial charge in [-0.15, -0.1) is 0 Å². The highest BCUT2D eigenvalue weighted by Gasteiger charge is 2.26. The third-order valence-electron chi connectivity index (χ3n) is 2.88. The molecular weight excluding hydrogens is 308 g/mol. The maximum Gasteiger partial charge on any atom is 0.221 e. The van der Waals surface area contributed by atoms with Gasteiger partial charge >= 0.3 is 0 Å². The molecule has 0 bridgehead atoms. The summed E-state index contributed by atoms with van der Waals surface area (Å²) in [6, 6.07) is 9.67. The van der Waals surface area contributed by atoms with Crippen LogP contribution in [0.15, 0.2) is 41.0 Å². The summed E-state index contributed by atoms with van der Waals surface area (Å²) in [5, 5.41) is 12.9. The summed E-state index contributed by atoms with van der Waals surface area (Å²) >= 11 is 3.36. The van der Waals surface area contributed by atoms with Crippen LogP contribution in [0.25, 0.3) is 0 Å². The topological polar surface area (TPSA) is 84.1 Å². The second kappa shape index (κ2) is 5.54. The number of hydrogen-bond donors (Lipinski definition) is 3. The Kier molecular flexibility index (Phi) is 4.01. The number of nitrogens with one attached hydrogen (secondary N) is 1. The normalized spacial score (nSPS) is 13.8. The van der Waals surface area contributed by atoms with Crippen molar-refractivity contribution in [2.24, 2.45) is 0 Å². The van der Waals surface area contributed by atoms with Crippen LogP contribution in [-0.2, 0) is 5.54 Å². The van der Waals surface area contributed by atoms with Crippen molar-refractivity contribution in [3.8, 4) is 0 Å². The van der Waals surface area contributed by atoms with Crippen LogP contribution in [0.3, 0.4) is 0 Å². The maximum absolute atomic E-state index is 9.71. The summed E-state index contributed by atoms with van der Waals surface area (Å²) in [7, 11) is 0. The Morgan fingerprint density at radius 1 is 1.37 bits per heavy atom. The predicted octanol–water partition coefficient (Wildman–Crippen LogP) is 2.14. The van der Waals surface area contributed by atoms with Crippen molar-refractivity contribution in [2.75, 3.05) is 17.7 Å². The zero-order valence-corrected chi connectivity index (χ0v) is 12.1. The number of anilines is 2. The highest BCUT2D eigenvalue weighted by atomic mass is 79.9. The lowest BCUT2D eigenvalue weighted by Crippen LogP contribution is -2.36. The molecule has 0 aliphatic carbocycles. The van der Waals surface area contributed by atoms with E-state index in [4.69, 9.17) is 5.73 Å². The van der Waals surface area contributed by atoms with Crippen molar-refractivity contribution in [3.63, 3.8) is 0 Å². The third kappa shape index (κ3) is 3.02. The minimum absolute atomic E-state index is 0.0760. The smallest absolute Gasteiger partial charge is 0.221 e. The number of hydrogen-bond acceptors (Lipinski definition) is 5. The van der Waals surface area contributed by atoms with Gasteiger partial charge in [0.25, 0.3) is 0 Å². The average Bonchev–Trinajstić information content (AvgIpc) is 2.44. The van der Waals surface area contributed by atoms with Gasteiger partial charge in [-0.05, 0) is 28.4 Å². The lowest BCUT2D eigenvalue weighted by atomic mass is 9.93. The Bertz CT molecular complexity index is 564. The second-order valence-electron chi connectivity index (χ2n) is 4.41. The molecule has 0 aliphatic heterocycles. The average molecular weight is 323 g/mol. The molecule has 1 unspecified atom stereocenters. The second-order valence-corrected chi connectivity index (χ2v) is 5.26. The van der Waals surface area contributed by atoms with E-state index in [1.807, 2.05) is 37.3 Å². The fraction of sp³-hybridized carbons (Fsp3) is 0.231. The van der Waals surface area contributed by atoms with Gasteiger partial charge in [-0.2, -0.15) is 4.98 Å². The summed E-state index contributed by atoms with van der Waals surface area (Å²) < 4.78 is 0.692. The van der Waals surface area contributed by atoms with Crippen molar-refractivity contribution in [2.45, 2.75) is 12.5 Å². The molecule has 2 aromatic rings. The Morgan fingerprint density at radius 3 is 2.68 bits per heavy atom. The van der Waals surface area contributed by atoms with Crippen LogP contribution < -0.4 is 11.1 Å². The van der Waals surface area contributed by atoms with Crippen LogP contribution >= 0.6 is 15.9 Å². The first-order valence-electron chi connectivity index (χ1n) is 5.78. The molecule has 2 rings (SSSR count). The molecule has 0 spiro atoms. The SMILES string of the molecule is CC(CO)(Nc1nc(N)ncc1Br)c1ccccc1. The lowest BCUT2D eigenvalue weighted by molar-refractivity contribution is 0.223. The summed E-state index contributed by atoms with van der Waals surface area (Å²) in [5.41, 5.74) is 5.89. The standard InChI is InChI=1S/C13H15BrN4O/c1-13(8-19,9-5-3-2-4-6-9)18-11-10(14)7-16-12(15)17-11/h2-7,19H,8H2,1H3,(H3,15,16,17,18). The van der Waals surface area contributed by atoms with Crippen molar-refractivity contribution in [3.05, 3.63) is 46.6 Å². The van der Waals surface area contributed by atoms with Gasteiger partial charge in [0.15, 0.2) is 0 Å². The molecular formula is C13H15BrN4O. The molecule has 5 nitrogen and oxygen atoms in total. The van der Waals surface area contributed by atoms with E-state index in [0.717, 1.165) is 5.56 Å². The quantitative estimate of drug-likeness (QED) is 0.803. The number of aromatic nitrogens is 2. The molecule has 0 saturated heterocycles. The highest BCUT2D eigenvalue weighted by molar-refractivity contribution is 9.10. The molecule has 100 valence electrons. The number of aliphatic hydroxyl groups is 1. The molecule has 0 saturated carbocycles. The molecule has 1 aromatic heterocycles. The van der Waals surface area contributed by atoms with Crippen LogP contribution in [0.4, 0.5) is 11.8 Å². The van der Waals surface area contributed by atoms with Crippen LogP contribution in [0.5, 0.6) is 0 Å². The largest absolute Gasteiger partial charge is 0.394 e. The maximum atomic E-state index is 9.71. The van der Waals surface area contributed by atoms with Gasteiger partial charge in [-0.1, -0.05) is 30.3 Å². The zero-order chi connectivity index (χ0) is 13.9. The molecule has 1 heterocycles. The number of halogens is 1. The Hall–Kier alpha value is -1.66. The van der Waals surface area contributed by atoms with Crippen LogP contribution in [0.1, 0.15) is 12.5 Å². The lowest BCUT2D eigenvalue weighted by Gasteiger charge is -2.30. The van der Waals surface area contributed by atoms with Crippen LogP contribution in [0, 0.1) is 0 Å². The minimum Gasteiger partial charge on any atom is -0.394 e. The number of nitrogens with zero attached hydrogens (tertiary/aromatic N) is 2. The van der Waals surface area contributed by atoms with Gasteiger partial charge in [-0.3, -0.25) is 0 Å². The van der Waals surface area contributed by atoms with Crippen molar-refractivity contribution in [1.82, 2.24) is 9.97 Å². The van der Waals surface area contributed by atoms with E-state index in [-0.39, 0.29) is 12.6 Å². The number of benzene rings is 1. The summed E-state index contributed by atoms with van der Waals surface area (Å²) in [5.74, 6) is 0.729. The molecule has 19 heavy (non-hydrogen) atoms. The van der Waals surface area contributed by atoms with Gasteiger partial charge in [0, 0.05) is 6.20 Å². The molecule has 1 atom stereocenters. The van der Waals surface area contributed by atoms with Crippen LogP contribution in [0.2, 0.25) is 0 Å². The third-order valence-corrected chi connectivity index (χ3v) is 3.46. The predicted molar refractivity (Wildman–Crippen MR) is 78.6 cm³/mol. The van der Waals surface area contributed by atoms with E-state index in [0.29, 0.717) is 10.3 Å². The Labute approximate surface area is 120 Å². The molecule has 0 radical (unpaired) electrons. The number of rotatable bonds is 4. The van der Waals surface area contributed by atoms with Gasteiger partial charge < -0.3 is 16.2 Å². The van der Waals surface area contributed by atoms with E-state index >= 15 is 0 Å². The van der Waals surface area contributed by atoms with Crippen molar-refractivity contribution in [1.29, 1.82) is 0 Å². The number of nitrogen functional groups attached to an aromatic ring is 1. The zero-order valence-electron chi connectivity index (χ0n) is 10.5. The molecule has 4 N–H and O–H groups in total. The van der Waals surface area contributed by atoms with Crippen molar-refractivity contribution >= 4 is 27.7 Å². The van der Waals surface area contributed by atoms with E-state index in [9.17, 15) is 5.11 Å². The van der Waals surface area contributed by atoms with Gasteiger partial charge in [0.05, 0.1) is 16.6 Å². The molecule has 0 aliphatic rings. The fourth-order valence-corrected chi connectivity index (χ4v) is 2.03. The molecule has 0 amide bonds. The first-order valence-corrected chi connectivity index (χ1v) is 6.57. The van der Waals surface area contributed by atoms with Gasteiger partial charge in [-0.25, -0.2) is 4.98 Å². The van der Waals surface area contributed by atoms with E-state index in [1.54, 1.807) is 6.20 Å². The molecule has 6 heteroatoms. The van der Waals surface area contributed by atoms with Crippen molar-refractivity contribution < 1.29 is 5.11 Å². The monoisotopic (exact) mass is 322 g/mol. The summed E-state index contributed by atoms with van der Waals surface area (Å²) in [4.78, 5) is 8.01. The minimum atomic E-state index is -0.648. The summed E-state index contributed by atoms with van der Waals surface area (Å²) in [6.45, 7) is 1.82. The first kappa shape index (κ1) is 13.8. The highest BCUT2D eigenvalue weighted by Crippen LogP contribution is 2.28. The first-order chi connectivity index (χ1) is 9.05. The molecule has 1 aromatic carbocycles. The molecule has 0 fully saturated rings. The summed E-state index contributed by atoms with van der Waals surface area (Å²) in [6.07, 6.45) is 1.58. The van der Waals surface area contributed by atoms with E-state index < -0.39 is 5.54 Å². The van der Waals surface area contributed by atoms with Gasteiger partial charge in [0.2, 0.25) is 5.95 Å². The Morgan fingerprint density at radius 2 is 2.05 bits per heavy atom. The Balaban J connectivity index is 2.36. The van der Waals surface area contributed by atoms with Gasteiger partial charge in [0.1, 0.15) is 5.82 Å². The number of aliphatic hydroxyl groups excluding tert-OH is 1. The fourth-order valence-electron chi connectivity index (χ4n) is 1.74. The van der Waals surface area contributed by atoms with Crippen LogP contribution in [-0.4, -0.2) is 21.7 Å². The van der Waals surface area contributed by atoms with E-state index in [2.05, 4.69) is 31.2 Å². The number of nitrogens with two attached hydrogens (primary N) is 1.